The minimum atomic E-state index is 0.220. The lowest BCUT2D eigenvalue weighted by molar-refractivity contribution is 0.225. The fraction of sp³-hybridized carbons (Fsp3) is 0.667. The molecule has 0 heterocycles. The van der Waals surface area contributed by atoms with Crippen molar-refractivity contribution in [2.45, 2.75) is 58.4 Å². The molecule has 0 bridgehead atoms. The van der Waals surface area contributed by atoms with Gasteiger partial charge in [0.2, 0.25) is 0 Å². The molecule has 0 amide bonds. The lowest BCUT2D eigenvalue weighted by Gasteiger charge is -2.39. The van der Waals surface area contributed by atoms with E-state index in [9.17, 15) is 0 Å². The molecule has 1 saturated carbocycles. The summed E-state index contributed by atoms with van der Waals surface area (Å²) in [5, 5.41) is 3.64. The normalized spacial score (nSPS) is 22.4. The number of rotatable bonds is 6. The molecule has 2 atom stereocenters. The van der Waals surface area contributed by atoms with Crippen LogP contribution in [0.25, 0.3) is 0 Å². The second-order valence-corrected chi connectivity index (χ2v) is 6.99. The standard InChI is InChI=1S/C18H29NO/c1-5-12-20-16-9-6-14(7-10-16)17-11-8-15(17)13-19-18(2,3)4/h6-7,9-10,15,17,19H,5,8,11-13H2,1-4H3. The van der Waals surface area contributed by atoms with Crippen LogP contribution in [-0.4, -0.2) is 18.7 Å². The third-order valence-electron chi connectivity index (χ3n) is 4.09. The zero-order valence-corrected chi connectivity index (χ0v) is 13.4. The summed E-state index contributed by atoms with van der Waals surface area (Å²) in [7, 11) is 0. The van der Waals surface area contributed by atoms with Gasteiger partial charge in [0.25, 0.3) is 0 Å². The highest BCUT2D eigenvalue weighted by atomic mass is 16.5. The van der Waals surface area contributed by atoms with Crippen molar-refractivity contribution in [1.82, 2.24) is 5.32 Å². The average Bonchev–Trinajstić information content (AvgIpc) is 2.35. The first-order valence-corrected chi connectivity index (χ1v) is 7.97. The maximum atomic E-state index is 5.65. The molecule has 1 aromatic rings. The van der Waals surface area contributed by atoms with Gasteiger partial charge in [0.05, 0.1) is 6.61 Å². The monoisotopic (exact) mass is 275 g/mol. The Morgan fingerprint density at radius 3 is 2.35 bits per heavy atom. The first-order valence-electron chi connectivity index (χ1n) is 7.97. The summed E-state index contributed by atoms with van der Waals surface area (Å²) < 4.78 is 5.65. The molecule has 0 saturated heterocycles. The smallest absolute Gasteiger partial charge is 0.119 e. The van der Waals surface area contributed by atoms with Crippen LogP contribution in [0.4, 0.5) is 0 Å². The van der Waals surface area contributed by atoms with E-state index < -0.39 is 0 Å². The van der Waals surface area contributed by atoms with E-state index >= 15 is 0 Å². The van der Waals surface area contributed by atoms with Gasteiger partial charge in [0, 0.05) is 5.54 Å². The Balaban J connectivity index is 1.88. The predicted molar refractivity (Wildman–Crippen MR) is 85.4 cm³/mol. The first kappa shape index (κ1) is 15.4. The summed E-state index contributed by atoms with van der Waals surface area (Å²) >= 11 is 0. The minimum Gasteiger partial charge on any atom is -0.494 e. The molecule has 0 aliphatic heterocycles. The largest absolute Gasteiger partial charge is 0.494 e. The van der Waals surface area contributed by atoms with E-state index in [1.54, 1.807) is 0 Å². The van der Waals surface area contributed by atoms with Gasteiger partial charge in [0.15, 0.2) is 0 Å². The van der Waals surface area contributed by atoms with Gasteiger partial charge in [-0.3, -0.25) is 0 Å². The zero-order chi connectivity index (χ0) is 14.6. The second-order valence-electron chi connectivity index (χ2n) is 6.99. The Labute approximate surface area is 123 Å². The molecule has 1 aliphatic carbocycles. The molecule has 1 N–H and O–H groups in total. The van der Waals surface area contributed by atoms with Crippen molar-refractivity contribution in [3.8, 4) is 5.75 Å². The minimum absolute atomic E-state index is 0.220. The number of ether oxygens (including phenoxy) is 1. The molecule has 0 aromatic heterocycles. The Hall–Kier alpha value is -1.02. The molecule has 2 heteroatoms. The number of hydrogen-bond acceptors (Lipinski definition) is 2. The topological polar surface area (TPSA) is 21.3 Å². The van der Waals surface area contributed by atoms with E-state index in [2.05, 4.69) is 57.3 Å². The van der Waals surface area contributed by atoms with E-state index in [0.717, 1.165) is 37.2 Å². The van der Waals surface area contributed by atoms with Crippen LogP contribution in [0.3, 0.4) is 0 Å². The van der Waals surface area contributed by atoms with Crippen molar-refractivity contribution in [3.05, 3.63) is 29.8 Å². The fourth-order valence-electron chi connectivity index (χ4n) is 2.72. The Kier molecular flexibility index (Phi) is 5.09. The Bertz CT molecular complexity index is 404. The van der Waals surface area contributed by atoms with Crippen LogP contribution < -0.4 is 10.1 Å². The molecular weight excluding hydrogens is 246 g/mol. The zero-order valence-electron chi connectivity index (χ0n) is 13.4. The van der Waals surface area contributed by atoms with E-state index in [1.807, 2.05) is 0 Å². The highest BCUT2D eigenvalue weighted by molar-refractivity contribution is 5.31. The maximum Gasteiger partial charge on any atom is 0.119 e. The lowest BCUT2D eigenvalue weighted by atomic mass is 9.70. The van der Waals surface area contributed by atoms with Gasteiger partial charge >= 0.3 is 0 Å². The summed E-state index contributed by atoms with van der Waals surface area (Å²) in [4.78, 5) is 0. The molecule has 0 radical (unpaired) electrons. The summed E-state index contributed by atoms with van der Waals surface area (Å²) in [6.07, 6.45) is 3.73. The molecule has 112 valence electrons. The molecule has 1 aromatic carbocycles. The first-order chi connectivity index (χ1) is 9.49. The third kappa shape index (κ3) is 4.24. The lowest BCUT2D eigenvalue weighted by Crippen LogP contribution is -2.42. The molecule has 1 aliphatic rings. The number of hydrogen-bond donors (Lipinski definition) is 1. The molecule has 2 nitrogen and oxygen atoms in total. The maximum absolute atomic E-state index is 5.65. The van der Waals surface area contributed by atoms with Crippen LogP contribution in [0.5, 0.6) is 5.75 Å². The molecule has 2 unspecified atom stereocenters. The van der Waals surface area contributed by atoms with Crippen molar-refractivity contribution in [3.63, 3.8) is 0 Å². The van der Waals surface area contributed by atoms with Gasteiger partial charge in [-0.2, -0.15) is 0 Å². The molecule has 20 heavy (non-hydrogen) atoms. The van der Waals surface area contributed by atoms with E-state index in [1.165, 1.54) is 18.4 Å². The van der Waals surface area contributed by atoms with Crippen LogP contribution in [0.15, 0.2) is 24.3 Å². The Morgan fingerprint density at radius 2 is 1.85 bits per heavy atom. The number of benzene rings is 1. The van der Waals surface area contributed by atoms with Gasteiger partial charge in [-0.05, 0) is 76.1 Å². The van der Waals surface area contributed by atoms with Crippen LogP contribution in [-0.2, 0) is 0 Å². The number of nitrogens with one attached hydrogen (secondary N) is 1. The van der Waals surface area contributed by atoms with Gasteiger partial charge in [0.1, 0.15) is 5.75 Å². The van der Waals surface area contributed by atoms with Gasteiger partial charge in [-0.25, -0.2) is 0 Å². The summed E-state index contributed by atoms with van der Waals surface area (Å²) in [5.41, 5.74) is 1.69. The molecule has 2 rings (SSSR count). The van der Waals surface area contributed by atoms with Crippen molar-refractivity contribution >= 4 is 0 Å². The molecular formula is C18H29NO. The fourth-order valence-corrected chi connectivity index (χ4v) is 2.72. The van der Waals surface area contributed by atoms with E-state index in [0.29, 0.717) is 0 Å². The second kappa shape index (κ2) is 6.62. The average molecular weight is 275 g/mol. The summed E-state index contributed by atoms with van der Waals surface area (Å²) in [6, 6.07) is 8.74. The summed E-state index contributed by atoms with van der Waals surface area (Å²) in [6.45, 7) is 10.8. The van der Waals surface area contributed by atoms with Crippen molar-refractivity contribution in [2.24, 2.45) is 5.92 Å². The summed E-state index contributed by atoms with van der Waals surface area (Å²) in [5.74, 6) is 2.51. The van der Waals surface area contributed by atoms with Gasteiger partial charge in [-0.15, -0.1) is 0 Å². The van der Waals surface area contributed by atoms with E-state index in [4.69, 9.17) is 4.74 Å². The Morgan fingerprint density at radius 1 is 1.15 bits per heavy atom. The van der Waals surface area contributed by atoms with Gasteiger partial charge in [-0.1, -0.05) is 19.1 Å². The van der Waals surface area contributed by atoms with Crippen molar-refractivity contribution in [2.75, 3.05) is 13.2 Å². The van der Waals surface area contributed by atoms with Crippen molar-refractivity contribution < 1.29 is 4.74 Å². The van der Waals surface area contributed by atoms with Gasteiger partial charge < -0.3 is 10.1 Å². The van der Waals surface area contributed by atoms with Crippen LogP contribution >= 0.6 is 0 Å². The molecule has 0 spiro atoms. The highest BCUT2D eigenvalue weighted by Gasteiger charge is 2.32. The van der Waals surface area contributed by atoms with Crippen LogP contribution in [0, 0.1) is 5.92 Å². The predicted octanol–water partition coefficient (Wildman–Crippen LogP) is 4.36. The molecule has 1 fully saturated rings. The van der Waals surface area contributed by atoms with E-state index in [-0.39, 0.29) is 5.54 Å². The van der Waals surface area contributed by atoms with Crippen LogP contribution in [0.1, 0.15) is 58.4 Å². The van der Waals surface area contributed by atoms with Crippen LogP contribution in [0.2, 0.25) is 0 Å². The van der Waals surface area contributed by atoms with Crippen molar-refractivity contribution in [1.29, 1.82) is 0 Å². The third-order valence-corrected chi connectivity index (χ3v) is 4.09. The quantitative estimate of drug-likeness (QED) is 0.833. The SMILES string of the molecule is CCCOc1ccc(C2CCC2CNC(C)(C)C)cc1. The highest BCUT2D eigenvalue weighted by Crippen LogP contribution is 2.42.